The molecule has 0 saturated carbocycles. The number of phenols is 1. The molecule has 0 saturated heterocycles. The lowest BCUT2D eigenvalue weighted by Crippen LogP contribution is -2.30. The van der Waals surface area contributed by atoms with Crippen molar-refractivity contribution in [3.8, 4) is 17.2 Å². The summed E-state index contributed by atoms with van der Waals surface area (Å²) in [6.07, 6.45) is 0.649. The Kier molecular flexibility index (Phi) is 8.60. The van der Waals surface area contributed by atoms with Crippen molar-refractivity contribution >= 4 is 10.0 Å². The fourth-order valence-electron chi connectivity index (χ4n) is 3.95. The van der Waals surface area contributed by atoms with Gasteiger partial charge in [-0.15, -0.1) is 0 Å². The van der Waals surface area contributed by atoms with Crippen molar-refractivity contribution in [2.24, 2.45) is 0 Å². The molecule has 0 aromatic heterocycles. The van der Waals surface area contributed by atoms with E-state index in [0.717, 1.165) is 11.3 Å². The molecule has 0 fully saturated rings. The molecule has 0 amide bonds. The Hall–Kier alpha value is -2.33. The fraction of sp³-hybridized carbons (Fsp3) is 0.556. The summed E-state index contributed by atoms with van der Waals surface area (Å²) in [7, 11) is -1.75. The number of sulfonamides is 1. The summed E-state index contributed by atoms with van der Waals surface area (Å²) in [5, 5.41) is 10.9. The van der Waals surface area contributed by atoms with E-state index in [1.807, 2.05) is 66.8 Å². The van der Waals surface area contributed by atoms with Crippen molar-refractivity contribution in [1.82, 2.24) is 9.62 Å². The van der Waals surface area contributed by atoms with Gasteiger partial charge < -0.3 is 19.6 Å². The molecule has 9 heteroatoms. The van der Waals surface area contributed by atoms with Gasteiger partial charge in [-0.25, -0.2) is 13.1 Å². The van der Waals surface area contributed by atoms with Gasteiger partial charge in [0.2, 0.25) is 10.0 Å². The number of nitrogens with zero attached hydrogens (tertiary/aromatic N) is 1. The molecule has 2 aromatic carbocycles. The number of fused-ring (bicyclic) bond motifs is 1. The van der Waals surface area contributed by atoms with Crippen LogP contribution in [0.2, 0.25) is 0 Å². The number of hydrogen-bond acceptors (Lipinski definition) is 7. The first-order chi connectivity index (χ1) is 16.7. The largest absolute Gasteiger partial charge is 0.507 e. The first-order valence-electron chi connectivity index (χ1n) is 12.3. The first kappa shape index (κ1) is 28.2. The van der Waals surface area contributed by atoms with Crippen molar-refractivity contribution in [1.29, 1.82) is 0 Å². The average molecular weight is 521 g/mol. The van der Waals surface area contributed by atoms with E-state index in [-0.39, 0.29) is 10.6 Å². The molecular formula is C27H40N2O6S. The predicted octanol–water partition coefficient (Wildman–Crippen LogP) is 4.49. The van der Waals surface area contributed by atoms with Crippen molar-refractivity contribution in [3.05, 3.63) is 47.0 Å². The molecule has 0 radical (unpaired) electrons. The summed E-state index contributed by atoms with van der Waals surface area (Å²) < 4.78 is 34.7. The lowest BCUT2D eigenvalue weighted by Gasteiger charge is -2.28. The normalized spacial score (nSPS) is 14.1. The zero-order chi connectivity index (χ0) is 26.7. The van der Waals surface area contributed by atoms with Crippen molar-refractivity contribution in [2.75, 3.05) is 33.3 Å². The van der Waals surface area contributed by atoms with Crippen LogP contribution in [0.25, 0.3) is 0 Å². The summed E-state index contributed by atoms with van der Waals surface area (Å²) in [6.45, 7) is 14.4. The zero-order valence-corrected chi connectivity index (χ0v) is 23.3. The second-order valence-electron chi connectivity index (χ2n) is 11.4. The SMILES string of the molecule is CN(CCCNS(=O)(=O)c1cc(C(C)(C)C)c(O)c(C(C)(C)C)c1)CCOc1ccc2c(c1)OOC2. The molecule has 200 valence electrons. The number of nitrogens with one attached hydrogen (secondary N) is 1. The van der Waals surface area contributed by atoms with Crippen LogP contribution in [0.5, 0.6) is 17.2 Å². The number of rotatable bonds is 10. The smallest absolute Gasteiger partial charge is 0.240 e. The molecule has 0 bridgehead atoms. The monoisotopic (exact) mass is 520 g/mol. The van der Waals surface area contributed by atoms with Crippen molar-refractivity contribution in [2.45, 2.75) is 70.3 Å². The number of hydrogen-bond donors (Lipinski definition) is 2. The molecule has 0 spiro atoms. The van der Waals surface area contributed by atoms with E-state index in [9.17, 15) is 13.5 Å². The minimum atomic E-state index is -3.72. The summed E-state index contributed by atoms with van der Waals surface area (Å²) in [4.78, 5) is 12.3. The van der Waals surface area contributed by atoms with Crippen molar-refractivity contribution in [3.63, 3.8) is 0 Å². The molecule has 1 aliphatic rings. The molecule has 36 heavy (non-hydrogen) atoms. The third kappa shape index (κ3) is 7.12. The van der Waals surface area contributed by atoms with Crippen molar-refractivity contribution < 1.29 is 28.0 Å². The Morgan fingerprint density at radius 2 is 1.67 bits per heavy atom. The van der Waals surface area contributed by atoms with Gasteiger partial charge in [0.25, 0.3) is 0 Å². The molecule has 2 aromatic rings. The predicted molar refractivity (Wildman–Crippen MR) is 140 cm³/mol. The second-order valence-corrected chi connectivity index (χ2v) is 13.2. The zero-order valence-electron chi connectivity index (χ0n) is 22.5. The van der Waals surface area contributed by atoms with E-state index in [1.165, 1.54) is 0 Å². The summed E-state index contributed by atoms with van der Waals surface area (Å²) in [6, 6.07) is 8.82. The highest BCUT2D eigenvalue weighted by Gasteiger charge is 2.29. The number of aromatic hydroxyl groups is 1. The van der Waals surface area contributed by atoms with Gasteiger partial charge in [-0.3, -0.25) is 0 Å². The van der Waals surface area contributed by atoms with E-state index in [2.05, 4.69) is 9.62 Å². The van der Waals surface area contributed by atoms with E-state index in [0.29, 0.717) is 56.1 Å². The number of benzene rings is 2. The first-order valence-corrected chi connectivity index (χ1v) is 13.8. The van der Waals surface area contributed by atoms with Crippen LogP contribution in [0.15, 0.2) is 35.2 Å². The Morgan fingerprint density at radius 3 is 2.28 bits per heavy atom. The van der Waals surface area contributed by atoms with Crippen LogP contribution in [0.1, 0.15) is 64.7 Å². The number of ether oxygens (including phenoxy) is 1. The Labute approximate surface area is 215 Å². The van der Waals surface area contributed by atoms with Crippen LogP contribution in [-0.4, -0.2) is 51.7 Å². The minimum absolute atomic E-state index is 0.165. The van der Waals surface area contributed by atoms with E-state index < -0.39 is 20.9 Å². The summed E-state index contributed by atoms with van der Waals surface area (Å²) >= 11 is 0. The van der Waals surface area contributed by atoms with Gasteiger partial charge in [-0.05, 0) is 55.1 Å². The quantitative estimate of drug-likeness (QED) is 0.352. The lowest BCUT2D eigenvalue weighted by molar-refractivity contribution is -0.194. The lowest BCUT2D eigenvalue weighted by atomic mass is 9.79. The van der Waals surface area contributed by atoms with Crippen LogP contribution >= 0.6 is 0 Å². The third-order valence-electron chi connectivity index (χ3n) is 6.16. The Morgan fingerprint density at radius 1 is 1.03 bits per heavy atom. The average Bonchev–Trinajstić information content (AvgIpc) is 3.23. The summed E-state index contributed by atoms with van der Waals surface area (Å²) in [5.41, 5.74) is 1.44. The maximum absolute atomic E-state index is 13.1. The third-order valence-corrected chi connectivity index (χ3v) is 7.60. The van der Waals surface area contributed by atoms with Crippen LogP contribution in [0.3, 0.4) is 0 Å². The molecule has 2 N–H and O–H groups in total. The van der Waals surface area contributed by atoms with E-state index in [1.54, 1.807) is 12.1 Å². The maximum Gasteiger partial charge on any atom is 0.240 e. The number of phenolic OH excluding ortho intramolecular Hbond substituents is 1. The van der Waals surface area contributed by atoms with Crippen LogP contribution < -0.4 is 14.3 Å². The van der Waals surface area contributed by atoms with Gasteiger partial charge >= 0.3 is 0 Å². The van der Waals surface area contributed by atoms with Gasteiger partial charge in [-0.2, -0.15) is 4.89 Å². The van der Waals surface area contributed by atoms with Gasteiger partial charge in [0.1, 0.15) is 24.7 Å². The highest BCUT2D eigenvalue weighted by Crippen LogP contribution is 2.40. The molecule has 3 rings (SSSR count). The number of likely N-dealkylation sites (N-methyl/N-ethyl adjacent to an activating group) is 1. The highest BCUT2D eigenvalue weighted by atomic mass is 32.2. The summed E-state index contributed by atoms with van der Waals surface area (Å²) in [5.74, 6) is 1.57. The van der Waals surface area contributed by atoms with Crippen LogP contribution in [0.4, 0.5) is 0 Å². The van der Waals surface area contributed by atoms with E-state index in [4.69, 9.17) is 14.5 Å². The second kappa shape index (κ2) is 11.0. The van der Waals surface area contributed by atoms with Gasteiger partial charge in [-0.1, -0.05) is 41.5 Å². The standard InChI is InChI=1S/C27H40N2O6S/c1-26(2,3)22-16-21(17-23(25(22)30)27(4,5)6)36(31,32)28-11-8-12-29(7)13-14-33-20-10-9-19-18-34-35-24(19)15-20/h9-10,15-17,28,30H,8,11-14,18H2,1-7H3. The Balaban J connectivity index is 1.52. The molecular weight excluding hydrogens is 480 g/mol. The Bertz CT molecular complexity index is 1130. The fourth-order valence-corrected chi connectivity index (χ4v) is 5.08. The molecule has 0 aliphatic carbocycles. The minimum Gasteiger partial charge on any atom is -0.507 e. The van der Waals surface area contributed by atoms with Crippen LogP contribution in [0, 0.1) is 0 Å². The van der Waals surface area contributed by atoms with E-state index >= 15 is 0 Å². The molecule has 1 aliphatic heterocycles. The van der Waals surface area contributed by atoms with Crippen LogP contribution in [-0.2, 0) is 32.3 Å². The topological polar surface area (TPSA) is 97.3 Å². The molecule has 0 unspecified atom stereocenters. The maximum atomic E-state index is 13.1. The van der Waals surface area contributed by atoms with Gasteiger partial charge in [0.05, 0.1) is 4.90 Å². The van der Waals surface area contributed by atoms with Gasteiger partial charge in [0, 0.05) is 35.8 Å². The highest BCUT2D eigenvalue weighted by molar-refractivity contribution is 7.89. The molecule has 8 nitrogen and oxygen atoms in total. The molecule has 1 heterocycles. The molecule has 0 atom stereocenters. The van der Waals surface area contributed by atoms with Gasteiger partial charge in [0.15, 0.2) is 5.75 Å².